The predicted octanol–water partition coefficient (Wildman–Crippen LogP) is 1.02. The number of carbonyl (C=O) groups is 3. The van der Waals surface area contributed by atoms with E-state index in [1.54, 1.807) is 13.0 Å². The van der Waals surface area contributed by atoms with Gasteiger partial charge in [0.2, 0.25) is 5.91 Å². The van der Waals surface area contributed by atoms with Crippen molar-refractivity contribution in [1.29, 1.82) is 0 Å². The van der Waals surface area contributed by atoms with Crippen molar-refractivity contribution >= 4 is 17.8 Å². The number of esters is 1. The number of hydrogen-bond acceptors (Lipinski definition) is 4. The first-order chi connectivity index (χ1) is 9.85. The van der Waals surface area contributed by atoms with Crippen molar-refractivity contribution in [2.24, 2.45) is 5.73 Å². The van der Waals surface area contributed by atoms with Crippen molar-refractivity contribution < 1.29 is 19.1 Å². The molecule has 0 aromatic heterocycles. The Morgan fingerprint density at radius 2 is 1.95 bits per heavy atom. The summed E-state index contributed by atoms with van der Waals surface area (Å²) in [6.45, 7) is 5.42. The average Bonchev–Trinajstić information content (AvgIpc) is 2.45. The minimum atomic E-state index is -0.836. The highest BCUT2D eigenvalue weighted by atomic mass is 16.5. The molecule has 1 rings (SSSR count). The fraction of sp³-hybridized carbons (Fsp3) is 0.267. The molecule has 3 N–H and O–H groups in total. The summed E-state index contributed by atoms with van der Waals surface area (Å²) in [5, 5.41) is 2.52. The Balaban J connectivity index is 2.90. The smallest absolute Gasteiger partial charge is 0.337 e. The maximum absolute atomic E-state index is 12.1. The van der Waals surface area contributed by atoms with Crippen LogP contribution >= 0.6 is 0 Å². The summed E-state index contributed by atoms with van der Waals surface area (Å²) < 4.78 is 4.59. The Hall–Kier alpha value is -2.63. The molecule has 6 nitrogen and oxygen atoms in total. The summed E-state index contributed by atoms with van der Waals surface area (Å²) in [5.41, 5.74) is 6.46. The number of methoxy groups -OCH3 is 1. The molecular weight excluding hydrogens is 272 g/mol. The van der Waals surface area contributed by atoms with Gasteiger partial charge in [-0.2, -0.15) is 0 Å². The molecule has 0 heterocycles. The quantitative estimate of drug-likeness (QED) is 0.603. The molecular formula is C15H18N2O4. The van der Waals surface area contributed by atoms with Crippen LogP contribution in [0.3, 0.4) is 0 Å². The van der Waals surface area contributed by atoms with E-state index in [1.807, 2.05) is 0 Å². The van der Waals surface area contributed by atoms with E-state index < -0.39 is 23.8 Å². The van der Waals surface area contributed by atoms with Gasteiger partial charge in [0.1, 0.15) is 6.04 Å². The van der Waals surface area contributed by atoms with Gasteiger partial charge in [-0.1, -0.05) is 11.6 Å². The third kappa shape index (κ3) is 4.76. The zero-order valence-electron chi connectivity index (χ0n) is 12.0. The number of nitrogens with two attached hydrogens (primary N) is 1. The van der Waals surface area contributed by atoms with Crippen molar-refractivity contribution in [1.82, 2.24) is 5.32 Å². The van der Waals surface area contributed by atoms with Crippen LogP contribution in [0.4, 0.5) is 0 Å². The van der Waals surface area contributed by atoms with Gasteiger partial charge in [-0.25, -0.2) is 4.79 Å². The number of primary amides is 1. The molecule has 0 saturated heterocycles. The van der Waals surface area contributed by atoms with Crippen LogP contribution in [-0.2, 0) is 9.53 Å². The fourth-order valence-electron chi connectivity index (χ4n) is 1.72. The lowest BCUT2D eigenvalue weighted by Gasteiger charge is -2.15. The molecule has 0 unspecified atom stereocenters. The van der Waals surface area contributed by atoms with Crippen molar-refractivity contribution in [2.45, 2.75) is 19.4 Å². The van der Waals surface area contributed by atoms with Gasteiger partial charge in [0.15, 0.2) is 0 Å². The minimum absolute atomic E-state index is 0.242. The van der Waals surface area contributed by atoms with E-state index in [0.717, 1.165) is 5.57 Å². The molecule has 112 valence electrons. The SMILES string of the molecule is C=C(C)C[C@@H](NC(=O)c1cccc(C(=O)OC)c1)C(N)=O. The summed E-state index contributed by atoms with van der Waals surface area (Å²) in [6, 6.07) is 5.17. The second-order valence-corrected chi connectivity index (χ2v) is 4.66. The second-order valence-electron chi connectivity index (χ2n) is 4.66. The van der Waals surface area contributed by atoms with Crippen LogP contribution in [0.2, 0.25) is 0 Å². The van der Waals surface area contributed by atoms with Gasteiger partial charge >= 0.3 is 5.97 Å². The molecule has 21 heavy (non-hydrogen) atoms. The minimum Gasteiger partial charge on any atom is -0.465 e. The highest BCUT2D eigenvalue weighted by Crippen LogP contribution is 2.08. The lowest BCUT2D eigenvalue weighted by Crippen LogP contribution is -2.44. The molecule has 0 radical (unpaired) electrons. The lowest BCUT2D eigenvalue weighted by molar-refractivity contribution is -0.119. The monoisotopic (exact) mass is 290 g/mol. The molecule has 0 aliphatic rings. The first-order valence-electron chi connectivity index (χ1n) is 6.28. The van der Waals surface area contributed by atoms with E-state index in [4.69, 9.17) is 5.73 Å². The predicted molar refractivity (Wildman–Crippen MR) is 77.7 cm³/mol. The summed E-state index contributed by atoms with van der Waals surface area (Å²) in [4.78, 5) is 34.8. The van der Waals surface area contributed by atoms with Crippen molar-refractivity contribution in [2.75, 3.05) is 7.11 Å². The number of nitrogens with one attached hydrogen (secondary N) is 1. The Morgan fingerprint density at radius 3 is 2.48 bits per heavy atom. The normalized spacial score (nSPS) is 11.3. The molecule has 0 bridgehead atoms. The second kappa shape index (κ2) is 7.23. The number of carbonyl (C=O) groups excluding carboxylic acids is 3. The van der Waals surface area contributed by atoms with Gasteiger partial charge in [-0.05, 0) is 31.5 Å². The zero-order chi connectivity index (χ0) is 16.0. The summed E-state index contributed by atoms with van der Waals surface area (Å²) in [6.07, 6.45) is 0.262. The molecule has 6 heteroatoms. The van der Waals surface area contributed by atoms with Crippen LogP contribution in [0.25, 0.3) is 0 Å². The van der Waals surface area contributed by atoms with Crippen molar-refractivity contribution in [3.05, 3.63) is 47.5 Å². The molecule has 0 spiro atoms. The molecule has 1 aromatic carbocycles. The van der Waals surface area contributed by atoms with Gasteiger partial charge in [-0.3, -0.25) is 9.59 Å². The largest absolute Gasteiger partial charge is 0.465 e. The number of benzene rings is 1. The molecule has 0 saturated carbocycles. The summed E-state index contributed by atoms with van der Waals surface area (Å²) in [5.74, 6) is -1.68. The van der Waals surface area contributed by atoms with E-state index in [0.29, 0.717) is 0 Å². The van der Waals surface area contributed by atoms with Gasteiger partial charge in [-0.15, -0.1) is 6.58 Å². The highest BCUT2D eigenvalue weighted by Gasteiger charge is 2.19. The maximum atomic E-state index is 12.1. The van der Waals surface area contributed by atoms with Crippen LogP contribution in [0.15, 0.2) is 36.4 Å². The Kier molecular flexibility index (Phi) is 5.66. The molecule has 0 aliphatic heterocycles. The molecule has 1 aromatic rings. The Bertz CT molecular complexity index is 581. The Morgan fingerprint density at radius 1 is 1.33 bits per heavy atom. The lowest BCUT2D eigenvalue weighted by atomic mass is 10.1. The first-order valence-corrected chi connectivity index (χ1v) is 6.28. The maximum Gasteiger partial charge on any atom is 0.337 e. The first kappa shape index (κ1) is 16.4. The number of amides is 2. The van der Waals surface area contributed by atoms with E-state index in [1.165, 1.54) is 25.3 Å². The van der Waals surface area contributed by atoms with E-state index in [2.05, 4.69) is 16.6 Å². The van der Waals surface area contributed by atoms with Gasteiger partial charge in [0, 0.05) is 5.56 Å². The van der Waals surface area contributed by atoms with Crippen LogP contribution in [0.1, 0.15) is 34.1 Å². The van der Waals surface area contributed by atoms with E-state index in [-0.39, 0.29) is 17.5 Å². The Labute approximate surface area is 123 Å². The molecule has 1 atom stereocenters. The van der Waals surface area contributed by atoms with E-state index >= 15 is 0 Å². The molecule has 0 aliphatic carbocycles. The third-order valence-corrected chi connectivity index (χ3v) is 2.75. The third-order valence-electron chi connectivity index (χ3n) is 2.75. The van der Waals surface area contributed by atoms with Crippen LogP contribution in [-0.4, -0.2) is 30.9 Å². The molecule has 0 fully saturated rings. The standard InChI is InChI=1S/C15H18N2O4/c1-9(2)7-12(13(16)18)17-14(19)10-5-4-6-11(8-10)15(20)21-3/h4-6,8,12H,1,7H2,2-3H3,(H2,16,18)(H,17,19)/t12-/m1/s1. The number of ether oxygens (including phenoxy) is 1. The van der Waals surface area contributed by atoms with Crippen molar-refractivity contribution in [3.63, 3.8) is 0 Å². The topological polar surface area (TPSA) is 98.5 Å². The van der Waals surface area contributed by atoms with Gasteiger partial charge in [0.05, 0.1) is 12.7 Å². The average molecular weight is 290 g/mol. The number of hydrogen-bond donors (Lipinski definition) is 2. The molecule has 2 amide bonds. The van der Waals surface area contributed by atoms with Gasteiger partial charge < -0.3 is 15.8 Å². The number of rotatable bonds is 6. The van der Waals surface area contributed by atoms with Crippen molar-refractivity contribution in [3.8, 4) is 0 Å². The van der Waals surface area contributed by atoms with Crippen LogP contribution in [0.5, 0.6) is 0 Å². The van der Waals surface area contributed by atoms with E-state index in [9.17, 15) is 14.4 Å². The fourth-order valence-corrected chi connectivity index (χ4v) is 1.72. The zero-order valence-corrected chi connectivity index (χ0v) is 12.0. The summed E-state index contributed by atoms with van der Waals surface area (Å²) >= 11 is 0. The highest BCUT2D eigenvalue weighted by molar-refractivity contribution is 5.99. The van der Waals surface area contributed by atoms with Gasteiger partial charge in [0.25, 0.3) is 5.91 Å². The van der Waals surface area contributed by atoms with Crippen LogP contribution < -0.4 is 11.1 Å². The summed E-state index contributed by atoms with van der Waals surface area (Å²) in [7, 11) is 1.26. The van der Waals surface area contributed by atoms with Crippen LogP contribution in [0, 0.1) is 0 Å².